The molecule has 0 aromatic carbocycles. The van der Waals surface area contributed by atoms with Gasteiger partial charge in [-0.25, -0.2) is 0 Å². The molecule has 1 aromatic rings. The second kappa shape index (κ2) is 4.97. The number of nitrogens with two attached hydrogens (primary N) is 1. The number of hydrogen-bond acceptors (Lipinski definition) is 3. The lowest BCUT2D eigenvalue weighted by molar-refractivity contribution is -0.133. The summed E-state index contributed by atoms with van der Waals surface area (Å²) >= 11 is 1.65. The van der Waals surface area contributed by atoms with Crippen LogP contribution >= 0.6 is 11.3 Å². The minimum Gasteiger partial charge on any atom is -0.342 e. The van der Waals surface area contributed by atoms with Crippen molar-refractivity contribution < 1.29 is 4.79 Å². The van der Waals surface area contributed by atoms with Crippen molar-refractivity contribution in [1.82, 2.24) is 4.90 Å². The first-order chi connectivity index (χ1) is 7.68. The van der Waals surface area contributed by atoms with Gasteiger partial charge in [-0.3, -0.25) is 4.79 Å². The highest BCUT2D eigenvalue weighted by Gasteiger charge is 2.25. The Morgan fingerprint density at radius 2 is 2.25 bits per heavy atom. The Balaban J connectivity index is 1.97. The molecular weight excluding hydrogens is 220 g/mol. The van der Waals surface area contributed by atoms with E-state index in [1.165, 1.54) is 0 Å². The summed E-state index contributed by atoms with van der Waals surface area (Å²) in [5.74, 6) is 0.240. The Labute approximate surface area is 100 Å². The van der Waals surface area contributed by atoms with Gasteiger partial charge in [0.1, 0.15) is 0 Å². The molecule has 0 radical (unpaired) electrons. The molecule has 3 nitrogen and oxygen atoms in total. The third-order valence-electron chi connectivity index (χ3n) is 3.19. The Morgan fingerprint density at radius 1 is 1.56 bits per heavy atom. The summed E-state index contributed by atoms with van der Waals surface area (Å²) in [4.78, 5) is 15.3. The summed E-state index contributed by atoms with van der Waals surface area (Å²) in [5, 5.41) is 2.02. The summed E-state index contributed by atoms with van der Waals surface area (Å²) in [6.45, 7) is 3.62. The topological polar surface area (TPSA) is 46.3 Å². The number of nitrogens with zero attached hydrogens (tertiary/aromatic N) is 1. The van der Waals surface area contributed by atoms with Crippen LogP contribution in [0, 0.1) is 0 Å². The van der Waals surface area contributed by atoms with E-state index in [1.54, 1.807) is 11.3 Å². The highest BCUT2D eigenvalue weighted by molar-refractivity contribution is 7.10. The van der Waals surface area contributed by atoms with Gasteiger partial charge in [0.2, 0.25) is 5.91 Å². The third-order valence-corrected chi connectivity index (χ3v) is 4.25. The summed E-state index contributed by atoms with van der Waals surface area (Å²) in [5.41, 5.74) is 5.83. The minimum atomic E-state index is -0.00526. The van der Waals surface area contributed by atoms with Crippen LogP contribution in [0.25, 0.3) is 0 Å². The number of thiophene rings is 1. The van der Waals surface area contributed by atoms with E-state index in [2.05, 4.69) is 0 Å². The van der Waals surface area contributed by atoms with Crippen LogP contribution in [0.2, 0.25) is 0 Å². The van der Waals surface area contributed by atoms with Crippen molar-refractivity contribution >= 4 is 17.2 Å². The fraction of sp³-hybridized carbons (Fsp3) is 0.583. The summed E-state index contributed by atoms with van der Waals surface area (Å²) < 4.78 is 0. The van der Waals surface area contributed by atoms with Gasteiger partial charge in [-0.1, -0.05) is 6.07 Å². The lowest BCUT2D eigenvalue weighted by atomic mass is 10.0. The monoisotopic (exact) mass is 238 g/mol. The molecule has 0 aliphatic carbocycles. The molecule has 2 N–H and O–H groups in total. The van der Waals surface area contributed by atoms with Gasteiger partial charge in [-0.15, -0.1) is 11.3 Å². The molecule has 1 aliphatic heterocycles. The maximum absolute atomic E-state index is 12.2. The number of rotatable bonds is 2. The molecule has 0 bridgehead atoms. The molecule has 16 heavy (non-hydrogen) atoms. The maximum Gasteiger partial charge on any atom is 0.230 e. The molecule has 1 unspecified atom stereocenters. The van der Waals surface area contributed by atoms with Gasteiger partial charge >= 0.3 is 0 Å². The number of likely N-dealkylation sites (tertiary alicyclic amines) is 1. The van der Waals surface area contributed by atoms with Gasteiger partial charge < -0.3 is 10.6 Å². The van der Waals surface area contributed by atoms with E-state index in [9.17, 15) is 4.79 Å². The number of piperidine rings is 1. The number of amides is 1. The SMILES string of the molecule is CC(C(=O)N1CCC(N)CC1)c1cccs1. The lowest BCUT2D eigenvalue weighted by Crippen LogP contribution is -2.44. The number of carbonyl (C=O) groups is 1. The first-order valence-electron chi connectivity index (χ1n) is 5.76. The van der Waals surface area contributed by atoms with E-state index < -0.39 is 0 Å². The van der Waals surface area contributed by atoms with Gasteiger partial charge in [0.25, 0.3) is 0 Å². The maximum atomic E-state index is 12.2. The molecule has 1 saturated heterocycles. The fourth-order valence-corrected chi connectivity index (χ4v) is 2.83. The molecule has 0 saturated carbocycles. The first-order valence-corrected chi connectivity index (χ1v) is 6.64. The van der Waals surface area contributed by atoms with Gasteiger partial charge in [-0.05, 0) is 31.2 Å². The zero-order chi connectivity index (χ0) is 11.5. The predicted octanol–water partition coefficient (Wildman–Crippen LogP) is 1.80. The Morgan fingerprint density at radius 3 is 2.81 bits per heavy atom. The molecule has 1 aliphatic rings. The molecular formula is C12H18N2OS. The molecule has 2 heterocycles. The molecule has 1 atom stereocenters. The van der Waals surface area contributed by atoms with Crippen LogP contribution in [0.5, 0.6) is 0 Å². The van der Waals surface area contributed by atoms with Crippen LogP contribution in [0.15, 0.2) is 17.5 Å². The zero-order valence-corrected chi connectivity index (χ0v) is 10.4. The van der Waals surface area contributed by atoms with Crippen molar-refractivity contribution in [2.24, 2.45) is 5.73 Å². The average molecular weight is 238 g/mol. The van der Waals surface area contributed by atoms with E-state index in [1.807, 2.05) is 29.3 Å². The van der Waals surface area contributed by atoms with Crippen molar-refractivity contribution in [3.63, 3.8) is 0 Å². The Kier molecular flexibility index (Phi) is 3.61. The molecule has 0 spiro atoms. The van der Waals surface area contributed by atoms with Gasteiger partial charge in [0.15, 0.2) is 0 Å². The van der Waals surface area contributed by atoms with Crippen molar-refractivity contribution in [1.29, 1.82) is 0 Å². The zero-order valence-electron chi connectivity index (χ0n) is 9.56. The van der Waals surface area contributed by atoms with Gasteiger partial charge in [-0.2, -0.15) is 0 Å². The fourth-order valence-electron chi connectivity index (χ4n) is 2.05. The van der Waals surface area contributed by atoms with Crippen LogP contribution in [-0.4, -0.2) is 29.9 Å². The largest absolute Gasteiger partial charge is 0.342 e. The summed E-state index contributed by atoms with van der Waals surface area (Å²) in [6.07, 6.45) is 1.87. The number of hydrogen-bond donors (Lipinski definition) is 1. The van der Waals surface area contributed by atoms with E-state index in [-0.39, 0.29) is 17.9 Å². The highest BCUT2D eigenvalue weighted by Crippen LogP contribution is 2.24. The van der Waals surface area contributed by atoms with Crippen LogP contribution in [-0.2, 0) is 4.79 Å². The van der Waals surface area contributed by atoms with Crippen LogP contribution in [0.4, 0.5) is 0 Å². The summed E-state index contributed by atoms with van der Waals surface area (Å²) in [6, 6.07) is 4.31. The number of carbonyl (C=O) groups excluding carboxylic acids is 1. The third kappa shape index (κ3) is 2.44. The van der Waals surface area contributed by atoms with Crippen LogP contribution < -0.4 is 5.73 Å². The van der Waals surface area contributed by atoms with Gasteiger partial charge in [0.05, 0.1) is 5.92 Å². The molecule has 88 valence electrons. The molecule has 1 aromatic heterocycles. The van der Waals surface area contributed by atoms with Crippen molar-refractivity contribution in [3.05, 3.63) is 22.4 Å². The van der Waals surface area contributed by atoms with E-state index in [4.69, 9.17) is 5.73 Å². The second-order valence-corrected chi connectivity index (χ2v) is 5.38. The van der Waals surface area contributed by atoms with Crippen molar-refractivity contribution in [2.75, 3.05) is 13.1 Å². The second-order valence-electron chi connectivity index (χ2n) is 4.40. The smallest absolute Gasteiger partial charge is 0.230 e. The van der Waals surface area contributed by atoms with Crippen molar-refractivity contribution in [3.8, 4) is 0 Å². The first kappa shape index (κ1) is 11.6. The minimum absolute atomic E-state index is 0.00526. The normalized spacial score (nSPS) is 19.8. The lowest BCUT2D eigenvalue weighted by Gasteiger charge is -2.31. The van der Waals surface area contributed by atoms with Crippen molar-refractivity contribution in [2.45, 2.75) is 31.7 Å². The van der Waals surface area contributed by atoms with Gasteiger partial charge in [0, 0.05) is 24.0 Å². The quantitative estimate of drug-likeness (QED) is 0.854. The predicted molar refractivity (Wildman–Crippen MR) is 66.5 cm³/mol. The molecule has 2 rings (SSSR count). The van der Waals surface area contributed by atoms with Crippen LogP contribution in [0.3, 0.4) is 0 Å². The standard InChI is InChI=1S/C12H18N2OS/c1-9(11-3-2-8-16-11)12(15)14-6-4-10(13)5-7-14/h2-3,8-10H,4-7,13H2,1H3. The molecule has 1 fully saturated rings. The van der Waals surface area contributed by atoms with Crippen LogP contribution in [0.1, 0.15) is 30.6 Å². The Hall–Kier alpha value is -0.870. The molecule has 1 amide bonds. The summed E-state index contributed by atoms with van der Waals surface area (Å²) in [7, 11) is 0. The highest BCUT2D eigenvalue weighted by atomic mass is 32.1. The van der Waals surface area contributed by atoms with E-state index in [0.29, 0.717) is 0 Å². The Bertz CT molecular complexity index is 342. The van der Waals surface area contributed by atoms with E-state index in [0.717, 1.165) is 30.8 Å². The van der Waals surface area contributed by atoms with E-state index >= 15 is 0 Å². The average Bonchev–Trinajstić information content (AvgIpc) is 2.81. The molecule has 4 heteroatoms.